The van der Waals surface area contributed by atoms with Gasteiger partial charge in [0.25, 0.3) is 5.91 Å². The van der Waals surface area contributed by atoms with Crippen LogP contribution in [0.2, 0.25) is 10.0 Å². The van der Waals surface area contributed by atoms with Crippen molar-refractivity contribution in [2.24, 2.45) is 0 Å². The summed E-state index contributed by atoms with van der Waals surface area (Å²) in [5.41, 5.74) is 0.849. The fourth-order valence-corrected chi connectivity index (χ4v) is 2.95. The van der Waals surface area contributed by atoms with Crippen LogP contribution in [-0.2, 0) is 16.1 Å². The number of amides is 2. The van der Waals surface area contributed by atoms with Crippen LogP contribution >= 0.6 is 23.2 Å². The van der Waals surface area contributed by atoms with E-state index in [9.17, 15) is 14.0 Å². The third kappa shape index (κ3) is 3.60. The van der Waals surface area contributed by atoms with E-state index in [4.69, 9.17) is 23.2 Å². The van der Waals surface area contributed by atoms with Crippen molar-refractivity contribution in [1.82, 2.24) is 9.88 Å². The first-order chi connectivity index (χ1) is 11.9. The first-order valence-electron chi connectivity index (χ1n) is 7.53. The van der Waals surface area contributed by atoms with E-state index in [-0.39, 0.29) is 29.8 Å². The van der Waals surface area contributed by atoms with Crippen molar-refractivity contribution >= 4 is 40.8 Å². The van der Waals surface area contributed by atoms with Gasteiger partial charge in [0.1, 0.15) is 12.6 Å². The highest BCUT2D eigenvalue weighted by molar-refractivity contribution is 6.30. The van der Waals surface area contributed by atoms with Gasteiger partial charge in [-0.25, -0.2) is 9.37 Å². The van der Waals surface area contributed by atoms with E-state index >= 15 is 0 Å². The molecular weight excluding hydrogens is 368 g/mol. The zero-order valence-electron chi connectivity index (χ0n) is 13.2. The second-order valence-corrected chi connectivity index (χ2v) is 6.58. The van der Waals surface area contributed by atoms with Gasteiger partial charge in [-0.2, -0.15) is 0 Å². The van der Waals surface area contributed by atoms with Gasteiger partial charge >= 0.3 is 0 Å². The lowest BCUT2D eigenvalue weighted by molar-refractivity contribution is -0.143. The number of piperazine rings is 1. The molecule has 1 atom stereocenters. The number of carbonyl (C=O) groups excluding carboxylic acids is 2. The van der Waals surface area contributed by atoms with Gasteiger partial charge in [0.15, 0.2) is 11.6 Å². The normalized spacial score (nSPS) is 18.0. The summed E-state index contributed by atoms with van der Waals surface area (Å²) in [6.45, 7) is 1.60. The zero-order chi connectivity index (χ0) is 18.1. The lowest BCUT2D eigenvalue weighted by atomic mass is 10.1. The average Bonchev–Trinajstić information content (AvgIpc) is 2.57. The molecule has 2 amide bonds. The molecule has 8 heteroatoms. The highest BCUT2D eigenvalue weighted by atomic mass is 35.5. The zero-order valence-corrected chi connectivity index (χ0v) is 14.8. The second-order valence-electron chi connectivity index (χ2n) is 5.71. The molecule has 0 saturated carbocycles. The van der Waals surface area contributed by atoms with Crippen molar-refractivity contribution < 1.29 is 14.0 Å². The highest BCUT2D eigenvalue weighted by Gasteiger charge is 2.38. The van der Waals surface area contributed by atoms with Gasteiger partial charge in [-0.15, -0.1) is 0 Å². The molecule has 1 fully saturated rings. The third-order valence-corrected chi connectivity index (χ3v) is 4.47. The molecule has 0 spiro atoms. The summed E-state index contributed by atoms with van der Waals surface area (Å²) in [5.74, 6) is -1.63. The Labute approximate surface area is 154 Å². The van der Waals surface area contributed by atoms with Gasteiger partial charge in [-0.05, 0) is 30.7 Å². The Morgan fingerprint density at radius 1 is 1.20 bits per heavy atom. The number of rotatable bonds is 3. The molecule has 0 N–H and O–H groups in total. The summed E-state index contributed by atoms with van der Waals surface area (Å²) in [4.78, 5) is 31.5. The monoisotopic (exact) mass is 381 g/mol. The number of hydrogen-bond acceptors (Lipinski definition) is 3. The molecule has 0 radical (unpaired) electrons. The molecule has 0 unspecified atom stereocenters. The molecule has 1 saturated heterocycles. The summed E-state index contributed by atoms with van der Waals surface area (Å²) in [5, 5.41) is 0.711. The molecule has 2 aromatic rings. The van der Waals surface area contributed by atoms with Gasteiger partial charge in [0.05, 0.1) is 5.02 Å². The first kappa shape index (κ1) is 17.6. The van der Waals surface area contributed by atoms with E-state index in [0.717, 1.165) is 16.5 Å². The van der Waals surface area contributed by atoms with E-state index in [1.165, 1.54) is 11.1 Å². The number of hydrogen-bond donors (Lipinski definition) is 0. The Morgan fingerprint density at radius 3 is 2.52 bits per heavy atom. The lowest BCUT2D eigenvalue weighted by Gasteiger charge is -2.38. The molecule has 1 aromatic carbocycles. The van der Waals surface area contributed by atoms with Crippen LogP contribution in [0.1, 0.15) is 12.5 Å². The van der Waals surface area contributed by atoms with Gasteiger partial charge in [0, 0.05) is 17.8 Å². The number of halogens is 3. The van der Waals surface area contributed by atoms with Crippen LogP contribution in [0.25, 0.3) is 0 Å². The number of pyridine rings is 1. The smallest absolute Gasteiger partial charge is 0.251 e. The quantitative estimate of drug-likeness (QED) is 0.819. The number of carbonyl (C=O) groups is 2. The van der Waals surface area contributed by atoms with E-state index in [1.54, 1.807) is 31.2 Å². The fraction of sp³-hybridized carbons (Fsp3) is 0.235. The lowest BCUT2D eigenvalue weighted by Crippen LogP contribution is -2.59. The predicted molar refractivity (Wildman–Crippen MR) is 93.0 cm³/mol. The molecule has 25 heavy (non-hydrogen) atoms. The molecule has 0 bridgehead atoms. The maximum Gasteiger partial charge on any atom is 0.251 e. The third-order valence-electron chi connectivity index (χ3n) is 4.01. The molecule has 0 aliphatic carbocycles. The van der Waals surface area contributed by atoms with E-state index in [0.29, 0.717) is 5.02 Å². The summed E-state index contributed by atoms with van der Waals surface area (Å²) in [6.07, 6.45) is 1.24. The Kier molecular flexibility index (Phi) is 4.92. The van der Waals surface area contributed by atoms with Crippen LogP contribution in [0.5, 0.6) is 0 Å². The van der Waals surface area contributed by atoms with E-state index in [1.807, 2.05) is 0 Å². The SMILES string of the molecule is C[C@H]1C(=O)N(c2ncc(Cl)cc2F)CC(=O)N1Cc1ccc(Cl)cc1. The van der Waals surface area contributed by atoms with Crippen LogP contribution in [0.4, 0.5) is 10.2 Å². The minimum Gasteiger partial charge on any atom is -0.325 e. The largest absolute Gasteiger partial charge is 0.325 e. The van der Waals surface area contributed by atoms with Crippen LogP contribution < -0.4 is 4.90 Å². The first-order valence-corrected chi connectivity index (χ1v) is 8.28. The van der Waals surface area contributed by atoms with Gasteiger partial charge < -0.3 is 4.90 Å². The molecule has 1 aliphatic heterocycles. The Bertz CT molecular complexity index is 829. The van der Waals surface area contributed by atoms with Crippen molar-refractivity contribution in [2.75, 3.05) is 11.4 Å². The minimum atomic E-state index is -0.744. The number of aromatic nitrogens is 1. The average molecular weight is 382 g/mol. The highest BCUT2D eigenvalue weighted by Crippen LogP contribution is 2.25. The van der Waals surface area contributed by atoms with Crippen LogP contribution in [0.3, 0.4) is 0 Å². The van der Waals surface area contributed by atoms with Gasteiger partial charge in [-0.3, -0.25) is 14.5 Å². The predicted octanol–water partition coefficient (Wildman–Crippen LogP) is 3.29. The van der Waals surface area contributed by atoms with Gasteiger partial charge in [-0.1, -0.05) is 35.3 Å². The second kappa shape index (κ2) is 6.98. The summed E-state index contributed by atoms with van der Waals surface area (Å²) in [6, 6.07) is 7.34. The van der Waals surface area contributed by atoms with Crippen molar-refractivity contribution in [2.45, 2.75) is 19.5 Å². The summed E-state index contributed by atoms with van der Waals surface area (Å²) < 4.78 is 14.1. The van der Waals surface area contributed by atoms with E-state index < -0.39 is 17.8 Å². The fourth-order valence-electron chi connectivity index (χ4n) is 2.68. The van der Waals surface area contributed by atoms with Crippen molar-refractivity contribution in [3.05, 3.63) is 58.0 Å². The molecule has 130 valence electrons. The maximum atomic E-state index is 14.1. The topological polar surface area (TPSA) is 53.5 Å². The molecule has 1 aliphatic rings. The number of anilines is 1. The molecule has 3 rings (SSSR count). The molecular formula is C17H14Cl2FN3O2. The maximum absolute atomic E-state index is 14.1. The van der Waals surface area contributed by atoms with Crippen molar-refractivity contribution in [3.63, 3.8) is 0 Å². The standard InChI is InChI=1S/C17H14Cl2FN3O2/c1-10-17(25)23(16-14(20)6-13(19)7-21-16)9-15(24)22(10)8-11-2-4-12(18)5-3-11/h2-7,10H,8-9H2,1H3/t10-/m0/s1. The molecule has 2 heterocycles. The van der Waals surface area contributed by atoms with Crippen LogP contribution in [0, 0.1) is 5.82 Å². The summed E-state index contributed by atoms with van der Waals surface area (Å²) in [7, 11) is 0. The number of nitrogens with zero attached hydrogens (tertiary/aromatic N) is 3. The Balaban J connectivity index is 1.82. The number of benzene rings is 1. The van der Waals surface area contributed by atoms with Crippen LogP contribution in [0.15, 0.2) is 36.5 Å². The van der Waals surface area contributed by atoms with Crippen LogP contribution in [-0.4, -0.2) is 34.3 Å². The van der Waals surface area contributed by atoms with E-state index in [2.05, 4.69) is 4.98 Å². The van der Waals surface area contributed by atoms with Gasteiger partial charge in [0.2, 0.25) is 5.91 Å². The summed E-state index contributed by atoms with van der Waals surface area (Å²) >= 11 is 11.5. The Hall–Kier alpha value is -2.18. The Morgan fingerprint density at radius 2 is 1.88 bits per heavy atom. The molecule has 1 aromatic heterocycles. The van der Waals surface area contributed by atoms with Crippen molar-refractivity contribution in [1.29, 1.82) is 0 Å². The minimum absolute atomic E-state index is 0.120. The van der Waals surface area contributed by atoms with Crippen molar-refractivity contribution in [3.8, 4) is 0 Å². The molecule has 5 nitrogen and oxygen atoms in total.